The van der Waals surface area contributed by atoms with E-state index in [2.05, 4.69) is 10.3 Å². The number of hydrogen-bond donors (Lipinski definition) is 4. The molecule has 0 unspecified atom stereocenters. The molecule has 3 amide bonds. The molecule has 0 radical (unpaired) electrons. The second kappa shape index (κ2) is 10.1. The van der Waals surface area contributed by atoms with Crippen LogP contribution >= 0.6 is 0 Å². The van der Waals surface area contributed by atoms with Gasteiger partial charge in [-0.2, -0.15) is 4.98 Å². The molecule has 11 heteroatoms. The highest BCUT2D eigenvalue weighted by Crippen LogP contribution is 2.06. The normalized spacial score (nSPS) is 10.2. The Labute approximate surface area is 142 Å². The molecule has 0 saturated heterocycles. The number of nitrogens with one attached hydrogen (secondary N) is 3. The third kappa shape index (κ3) is 7.08. The predicted octanol–water partition coefficient (Wildman–Crippen LogP) is 0.354. The topological polar surface area (TPSA) is 142 Å². The number of carbonyl (C=O) groups is 3. The number of unbranched alkanes of at least 4 members (excludes halogenated alkanes) is 3. The Morgan fingerprint density at radius 3 is 2.56 bits per heavy atom. The van der Waals surface area contributed by atoms with E-state index in [1.165, 1.54) is 5.48 Å². The van der Waals surface area contributed by atoms with E-state index < -0.39 is 35.2 Å². The highest BCUT2D eigenvalue weighted by molar-refractivity contribution is 5.87. The van der Waals surface area contributed by atoms with Gasteiger partial charge in [-0.1, -0.05) is 12.8 Å². The zero-order chi connectivity index (χ0) is 18.8. The van der Waals surface area contributed by atoms with Gasteiger partial charge in [0.25, 0.3) is 0 Å². The summed E-state index contributed by atoms with van der Waals surface area (Å²) in [6.07, 6.45) is 3.51. The third-order valence-electron chi connectivity index (χ3n) is 3.13. The number of nitrogens with zero attached hydrogens (tertiary/aromatic N) is 2. The van der Waals surface area contributed by atoms with Crippen molar-refractivity contribution in [1.29, 1.82) is 0 Å². The van der Waals surface area contributed by atoms with Crippen molar-refractivity contribution in [2.24, 2.45) is 0 Å². The van der Waals surface area contributed by atoms with Crippen LogP contribution in [0.1, 0.15) is 39.0 Å². The van der Waals surface area contributed by atoms with Gasteiger partial charge in [0, 0.05) is 19.9 Å². The lowest BCUT2D eigenvalue weighted by Gasteiger charge is -2.08. The molecule has 0 saturated carbocycles. The molecule has 138 valence electrons. The van der Waals surface area contributed by atoms with Crippen molar-refractivity contribution >= 4 is 23.7 Å². The minimum atomic E-state index is -1.02. The Bertz CT molecular complexity index is 691. The van der Waals surface area contributed by atoms with Gasteiger partial charge in [-0.25, -0.2) is 24.0 Å². The second-order valence-corrected chi connectivity index (χ2v) is 5.20. The molecular formula is C14H20FN5O5. The van der Waals surface area contributed by atoms with Crippen LogP contribution in [0.5, 0.6) is 0 Å². The number of halogens is 1. The van der Waals surface area contributed by atoms with Gasteiger partial charge in [-0.15, -0.1) is 0 Å². The van der Waals surface area contributed by atoms with E-state index in [4.69, 9.17) is 5.21 Å². The molecule has 25 heavy (non-hydrogen) atoms. The minimum absolute atomic E-state index is 0.212. The Morgan fingerprint density at radius 2 is 1.92 bits per heavy atom. The first-order valence-electron chi connectivity index (χ1n) is 7.63. The lowest BCUT2D eigenvalue weighted by Crippen LogP contribution is -2.38. The molecule has 1 rings (SSSR count). The maximum absolute atomic E-state index is 13.7. The molecule has 0 aliphatic heterocycles. The molecule has 1 aromatic rings. The molecule has 10 nitrogen and oxygen atoms in total. The minimum Gasteiger partial charge on any atom is -0.337 e. The fourth-order valence-electron chi connectivity index (χ4n) is 1.93. The van der Waals surface area contributed by atoms with Crippen molar-refractivity contribution in [2.45, 2.75) is 39.0 Å². The van der Waals surface area contributed by atoms with Crippen LogP contribution in [-0.4, -0.2) is 39.1 Å². The van der Waals surface area contributed by atoms with E-state index in [0.29, 0.717) is 23.6 Å². The summed E-state index contributed by atoms with van der Waals surface area (Å²) in [6, 6.07) is -0.828. The van der Waals surface area contributed by atoms with Crippen LogP contribution in [0.4, 0.5) is 15.0 Å². The molecule has 0 spiro atoms. The third-order valence-corrected chi connectivity index (χ3v) is 3.13. The summed E-state index contributed by atoms with van der Waals surface area (Å²) < 4.78 is 14.2. The number of aromatic nitrogens is 2. The van der Waals surface area contributed by atoms with Crippen LogP contribution in [0.2, 0.25) is 0 Å². The highest BCUT2D eigenvalue weighted by atomic mass is 19.1. The van der Waals surface area contributed by atoms with Crippen molar-refractivity contribution < 1.29 is 24.0 Å². The van der Waals surface area contributed by atoms with Gasteiger partial charge in [0.1, 0.15) is 0 Å². The Morgan fingerprint density at radius 1 is 1.24 bits per heavy atom. The lowest BCUT2D eigenvalue weighted by molar-refractivity contribution is -0.129. The highest BCUT2D eigenvalue weighted by Gasteiger charge is 2.13. The van der Waals surface area contributed by atoms with Crippen LogP contribution in [0.3, 0.4) is 0 Å². The first-order valence-corrected chi connectivity index (χ1v) is 7.63. The van der Waals surface area contributed by atoms with Crippen molar-refractivity contribution in [2.75, 3.05) is 11.9 Å². The fraction of sp³-hybridized carbons (Fsp3) is 0.500. The van der Waals surface area contributed by atoms with Gasteiger partial charge in [-0.05, 0) is 12.8 Å². The summed E-state index contributed by atoms with van der Waals surface area (Å²) in [6.45, 7) is 1.39. The van der Waals surface area contributed by atoms with Crippen molar-refractivity contribution in [3.63, 3.8) is 0 Å². The van der Waals surface area contributed by atoms with Crippen LogP contribution < -0.4 is 21.8 Å². The maximum Gasteiger partial charge on any atom is 0.358 e. The first kappa shape index (κ1) is 20.2. The number of hydrogen-bond acceptors (Lipinski definition) is 6. The van der Waals surface area contributed by atoms with Crippen LogP contribution in [-0.2, 0) is 9.59 Å². The molecule has 0 aliphatic carbocycles. The molecule has 1 heterocycles. The van der Waals surface area contributed by atoms with Crippen LogP contribution in [0, 0.1) is 5.82 Å². The number of hydroxylamine groups is 1. The average Bonchev–Trinajstić information content (AvgIpc) is 2.55. The standard InChI is InChI=1S/C14H20FN5O5/c1-9(21)17-12-10(15)8-20(14(24)18-12)13(23)16-7-5-3-2-4-6-11(22)19-25/h8,25H,2-7H2,1H3,(H,16,23)(H,19,22)(H,17,18,21,24). The van der Waals surface area contributed by atoms with Crippen LogP contribution in [0.15, 0.2) is 11.0 Å². The number of amides is 3. The molecule has 0 bridgehead atoms. The maximum atomic E-state index is 13.7. The second-order valence-electron chi connectivity index (χ2n) is 5.20. The van der Waals surface area contributed by atoms with Gasteiger partial charge >= 0.3 is 11.7 Å². The number of carbonyl (C=O) groups excluding carboxylic acids is 3. The first-order chi connectivity index (χ1) is 11.8. The fourth-order valence-corrected chi connectivity index (χ4v) is 1.93. The van der Waals surface area contributed by atoms with E-state index in [0.717, 1.165) is 19.8 Å². The summed E-state index contributed by atoms with van der Waals surface area (Å²) in [5.41, 5.74) is 0.520. The van der Waals surface area contributed by atoms with Gasteiger partial charge in [-0.3, -0.25) is 14.8 Å². The lowest BCUT2D eigenvalue weighted by atomic mass is 10.1. The molecule has 0 fully saturated rings. The zero-order valence-electron chi connectivity index (χ0n) is 13.7. The largest absolute Gasteiger partial charge is 0.358 e. The van der Waals surface area contributed by atoms with Crippen molar-refractivity contribution in [1.82, 2.24) is 20.3 Å². The summed E-state index contributed by atoms with van der Waals surface area (Å²) in [7, 11) is 0. The van der Waals surface area contributed by atoms with Gasteiger partial charge in [0.05, 0.1) is 6.20 Å². The van der Waals surface area contributed by atoms with Crippen molar-refractivity contribution in [3.8, 4) is 0 Å². The Balaban J connectivity index is 2.42. The predicted molar refractivity (Wildman–Crippen MR) is 84.6 cm³/mol. The molecule has 4 N–H and O–H groups in total. The van der Waals surface area contributed by atoms with E-state index >= 15 is 0 Å². The Hall–Kier alpha value is -2.82. The van der Waals surface area contributed by atoms with Gasteiger partial charge in [0.2, 0.25) is 11.8 Å². The van der Waals surface area contributed by atoms with Crippen molar-refractivity contribution in [3.05, 3.63) is 22.5 Å². The molecule has 0 atom stereocenters. The SMILES string of the molecule is CC(=O)Nc1nc(=O)n(C(=O)NCCCCCCC(=O)NO)cc1F. The summed E-state index contributed by atoms with van der Waals surface area (Å²) in [4.78, 5) is 48.5. The summed E-state index contributed by atoms with van der Waals surface area (Å²) in [5.74, 6) is -2.59. The summed E-state index contributed by atoms with van der Waals surface area (Å²) in [5, 5.41) is 12.8. The number of anilines is 1. The van der Waals surface area contributed by atoms with E-state index in [1.54, 1.807) is 0 Å². The monoisotopic (exact) mass is 357 g/mol. The van der Waals surface area contributed by atoms with E-state index in [1.807, 2.05) is 5.32 Å². The molecule has 0 aliphatic rings. The number of rotatable bonds is 8. The Kier molecular flexibility index (Phi) is 8.19. The van der Waals surface area contributed by atoms with E-state index in [9.17, 15) is 23.6 Å². The quantitative estimate of drug-likeness (QED) is 0.300. The van der Waals surface area contributed by atoms with E-state index in [-0.39, 0.29) is 13.0 Å². The van der Waals surface area contributed by atoms with Gasteiger partial charge < -0.3 is 10.6 Å². The van der Waals surface area contributed by atoms with Crippen LogP contribution in [0.25, 0.3) is 0 Å². The average molecular weight is 357 g/mol. The molecule has 1 aromatic heterocycles. The zero-order valence-corrected chi connectivity index (χ0v) is 13.7. The van der Waals surface area contributed by atoms with Gasteiger partial charge in [0.15, 0.2) is 11.6 Å². The summed E-state index contributed by atoms with van der Waals surface area (Å²) >= 11 is 0. The smallest absolute Gasteiger partial charge is 0.337 e. The molecular weight excluding hydrogens is 337 g/mol. The molecule has 0 aromatic carbocycles.